The first-order valence-corrected chi connectivity index (χ1v) is 21.5. The second kappa shape index (κ2) is 24.2. The fourth-order valence-electron chi connectivity index (χ4n) is 9.91. The largest absolute Gasteiger partial charge is 1.00 e. The Kier molecular flexibility index (Phi) is 20.5. The Morgan fingerprint density at radius 1 is 0.373 bits per heavy atom. The van der Waals surface area contributed by atoms with E-state index in [-0.39, 0.29) is 48.3 Å². The van der Waals surface area contributed by atoms with E-state index in [0.29, 0.717) is 0 Å². The Labute approximate surface area is 438 Å². The Balaban J connectivity index is 0.000000325. The van der Waals surface area contributed by atoms with E-state index in [0.717, 1.165) is 25.7 Å². The molecule has 0 aromatic carbocycles. The molecule has 0 radical (unpaired) electrons. The fraction of sp³-hybridized carbons (Fsp3) is 0.595. The molecule has 12 N–H and O–H groups in total. The summed E-state index contributed by atoms with van der Waals surface area (Å²) in [5.74, 6) is -33.0. The zero-order valence-corrected chi connectivity index (χ0v) is 40.7. The van der Waals surface area contributed by atoms with Gasteiger partial charge in [0.25, 0.3) is 0 Å². The number of fused-ring (bicyclic) bond motifs is 1. The third-order valence-electron chi connectivity index (χ3n) is 14.3. The minimum Gasteiger partial charge on any atom is -0.550 e. The van der Waals surface area contributed by atoms with E-state index in [9.17, 15) is 86.6 Å². The number of hydrogen-bond donors (Lipinski definition) is 12. The Morgan fingerprint density at radius 3 is 0.733 bits per heavy atom. The first-order valence-electron chi connectivity index (χ1n) is 21.5. The molecule has 0 aromatic rings. The second-order valence-corrected chi connectivity index (χ2v) is 18.4. The zero-order valence-electron chi connectivity index (χ0n) is 38.7. The second-order valence-electron chi connectivity index (χ2n) is 18.4. The van der Waals surface area contributed by atoms with Gasteiger partial charge in [0.05, 0.1) is 47.3 Å². The van der Waals surface area contributed by atoms with Gasteiger partial charge in [0.1, 0.15) is 0 Å². The van der Waals surface area contributed by atoms with Gasteiger partial charge in [0.2, 0.25) is 0 Å². The van der Waals surface area contributed by atoms with Crippen LogP contribution in [0.2, 0.25) is 0 Å². The van der Waals surface area contributed by atoms with Crippen LogP contribution in [0.3, 0.4) is 0 Å². The van der Waals surface area contributed by atoms with Crippen molar-refractivity contribution in [2.45, 2.75) is 77.0 Å². The van der Waals surface area contributed by atoms with Crippen LogP contribution in [0.1, 0.15) is 77.0 Å². The van der Waals surface area contributed by atoms with Gasteiger partial charge >= 0.3 is 125 Å². The number of aliphatic carboxylic acids is 13. The Morgan fingerprint density at radius 2 is 0.587 bits per heavy atom. The third-order valence-corrected chi connectivity index (χ3v) is 14.3. The van der Waals surface area contributed by atoms with Crippen LogP contribution in [0, 0.1) is 74.9 Å². The van der Waals surface area contributed by atoms with Gasteiger partial charge in [-0.1, -0.05) is 12.8 Å². The van der Waals surface area contributed by atoms with Crippen molar-refractivity contribution in [2.24, 2.45) is 74.9 Å². The van der Waals surface area contributed by atoms with Crippen molar-refractivity contribution in [1.29, 1.82) is 0 Å². The summed E-state index contributed by atoms with van der Waals surface area (Å²) in [6.45, 7) is 0. The number of carbonyl (C=O) groups excluding carboxylic acids is 5. The summed E-state index contributed by atoms with van der Waals surface area (Å²) in [7, 11) is 0. The number of carbonyl (C=O) groups is 17. The summed E-state index contributed by atoms with van der Waals surface area (Å²) < 4.78 is 8.69. The van der Waals surface area contributed by atoms with E-state index in [4.69, 9.17) is 61.3 Å². The summed E-state index contributed by atoms with van der Waals surface area (Å²) >= 11 is 0. The molecule has 0 aromatic heterocycles. The summed E-state index contributed by atoms with van der Waals surface area (Å²) in [6.07, 6.45) is -0.391. The SMILES string of the molecule is O=C(O)C1CC(C(=O)O)(C(=O)O)CC1C(=O)O.O=C(O)C1CC(C(=O)O)(C(=O)O)CC1C(=O)O.O=C(O)C1CC(C(=O)O)(C(=O)O)CC1C(=O)O.O=C([O-])C1CCCC1.O=C1OC(=O)C2CC3(CC12)C(=O)OC3=O.[Na+]. The minimum atomic E-state index is -2.33. The number of carboxylic acids is 13. The van der Waals surface area contributed by atoms with Gasteiger partial charge in [-0.15, -0.1) is 0 Å². The molecule has 7 rings (SSSR count). The minimum absolute atomic E-state index is 0. The monoisotopic (exact) mass is 1080 g/mol. The summed E-state index contributed by atoms with van der Waals surface area (Å²) in [4.78, 5) is 185. The normalized spacial score (nSPS) is 27.5. The number of carboxylic acid groups (broad SMARTS) is 13. The molecule has 7 fully saturated rings. The Hall–Kier alpha value is -7.61. The third kappa shape index (κ3) is 12.7. The maximum absolute atomic E-state index is 11.2. The van der Waals surface area contributed by atoms with Crippen LogP contribution in [0.5, 0.6) is 0 Å². The first kappa shape index (κ1) is 63.5. The quantitative estimate of drug-likeness (QED) is 0.0464. The number of ether oxygens (including phenoxy) is 2. The van der Waals surface area contributed by atoms with Gasteiger partial charge in [-0.2, -0.15) is 0 Å². The average Bonchev–Trinajstić information content (AvgIpc) is 4.15. The molecule has 5 aliphatic carbocycles. The van der Waals surface area contributed by atoms with Crippen LogP contribution in [-0.4, -0.2) is 163 Å². The van der Waals surface area contributed by atoms with Crippen LogP contribution in [0.25, 0.3) is 0 Å². The molecule has 2 aliphatic heterocycles. The molecular formula is C42H45NaO32. The molecule has 75 heavy (non-hydrogen) atoms. The average molecular weight is 1080 g/mol. The van der Waals surface area contributed by atoms with E-state index in [1.165, 1.54) is 0 Å². The van der Waals surface area contributed by atoms with Crippen LogP contribution in [-0.2, 0) is 91.0 Å². The summed E-state index contributed by atoms with van der Waals surface area (Å²) in [6, 6.07) is 0. The van der Waals surface area contributed by atoms with Crippen LogP contribution < -0.4 is 34.7 Å². The van der Waals surface area contributed by atoms with Gasteiger partial charge in [0, 0.05) is 5.97 Å². The van der Waals surface area contributed by atoms with Crippen molar-refractivity contribution in [3.63, 3.8) is 0 Å². The van der Waals surface area contributed by atoms with Gasteiger partial charge in [-0.25, -0.2) is 0 Å². The van der Waals surface area contributed by atoms with E-state index < -0.39 is 209 Å². The first-order chi connectivity index (χ1) is 34.0. The van der Waals surface area contributed by atoms with Gasteiger partial charge in [-0.05, 0) is 70.1 Å². The van der Waals surface area contributed by atoms with Gasteiger partial charge in [0.15, 0.2) is 21.7 Å². The van der Waals surface area contributed by atoms with E-state index in [2.05, 4.69) is 9.47 Å². The van der Waals surface area contributed by atoms with E-state index in [1.54, 1.807) is 0 Å². The van der Waals surface area contributed by atoms with Gasteiger partial charge in [-0.3, -0.25) is 76.7 Å². The van der Waals surface area contributed by atoms with Crippen molar-refractivity contribution in [3.05, 3.63) is 0 Å². The molecule has 406 valence electrons. The zero-order chi connectivity index (χ0) is 56.9. The van der Waals surface area contributed by atoms with Crippen molar-refractivity contribution in [3.8, 4) is 0 Å². The van der Waals surface area contributed by atoms with Crippen molar-refractivity contribution in [2.75, 3.05) is 0 Å². The molecule has 33 heteroatoms. The molecule has 2 saturated heterocycles. The molecule has 8 atom stereocenters. The fourth-order valence-corrected chi connectivity index (χ4v) is 9.91. The number of hydrogen-bond acceptors (Lipinski definition) is 20. The summed E-state index contributed by atoms with van der Waals surface area (Å²) in [5, 5.41) is 116. The smallest absolute Gasteiger partial charge is 0.550 e. The maximum atomic E-state index is 11.2. The number of rotatable bonds is 13. The van der Waals surface area contributed by atoms with Crippen LogP contribution in [0.4, 0.5) is 0 Å². The maximum Gasteiger partial charge on any atom is 1.00 e. The molecule has 5 saturated carbocycles. The molecule has 2 heterocycles. The molecule has 1 spiro atoms. The number of cyclic esters (lactones) is 4. The molecular weight excluding hydrogens is 1040 g/mol. The van der Waals surface area contributed by atoms with E-state index >= 15 is 0 Å². The molecule has 32 nitrogen and oxygen atoms in total. The van der Waals surface area contributed by atoms with Crippen LogP contribution in [0.15, 0.2) is 0 Å². The van der Waals surface area contributed by atoms with Crippen molar-refractivity contribution >= 4 is 101 Å². The molecule has 0 amide bonds. The van der Waals surface area contributed by atoms with E-state index in [1.807, 2.05) is 0 Å². The Bertz CT molecular complexity index is 2130. The van der Waals surface area contributed by atoms with Crippen molar-refractivity contribution < 1.29 is 187 Å². The molecule has 8 unspecified atom stereocenters. The predicted molar refractivity (Wildman–Crippen MR) is 215 cm³/mol. The number of esters is 4. The van der Waals surface area contributed by atoms with Crippen LogP contribution >= 0.6 is 0 Å². The predicted octanol–water partition coefficient (Wildman–Crippen LogP) is -5.89. The standard InChI is InChI=1S/3C9H10O8.C9H6O6.C6H10O2.Na/c3*10-5(11)3-1-9(7(14)15,8(16)17)2-4(3)6(12)13;10-5-3-1-9(7(12)15-8(9)13)2-4(3)6(11)14-5;7-6(8)5-3-1-2-4-5;/h3*3-4H,1-2H2,(H,10,11)(H,12,13)(H,14,15)(H,16,17);3-4H,1-2H2;5H,1-4H2,(H,7,8);/q;;;;;+1/p-1. The summed E-state index contributed by atoms with van der Waals surface area (Å²) in [5.41, 5.74) is -8.21. The molecule has 0 bridgehead atoms. The topological polar surface area (TPSA) is 574 Å². The van der Waals surface area contributed by atoms with Crippen molar-refractivity contribution in [1.82, 2.24) is 0 Å². The molecule has 7 aliphatic rings. The van der Waals surface area contributed by atoms with Gasteiger partial charge < -0.3 is 80.7 Å².